The van der Waals surface area contributed by atoms with Gasteiger partial charge in [0.2, 0.25) is 11.9 Å². The molecule has 3 aliphatic heterocycles. The summed E-state index contributed by atoms with van der Waals surface area (Å²) >= 11 is 0. The SMILES string of the molecule is Cc1ccc(Nc2c(C(=O)NOCCC(C)OCCC(C)(C)N3CCN(c4nc(-c5ccc(NC(=O)Nc6ccc(C(=O)N7CCC(N(C)C)CC7)cc6)cc5)nc(N5CCOCC5)n4)CC3)ccc(F)c2F)c(F)c1. The van der Waals surface area contributed by atoms with Gasteiger partial charge in [0.05, 0.1) is 42.9 Å². The molecule has 21 heteroatoms. The van der Waals surface area contributed by atoms with E-state index >= 15 is 0 Å². The second-order valence-electron chi connectivity index (χ2n) is 20.3. The normalized spacial score (nSPS) is 16.2. The zero-order chi connectivity index (χ0) is 53.9. The molecule has 18 nitrogen and oxygen atoms in total. The highest BCUT2D eigenvalue weighted by molar-refractivity contribution is 6.01. The molecule has 1 atom stereocenters. The smallest absolute Gasteiger partial charge is 0.323 e. The number of nitrogens with zero attached hydrogens (tertiary/aromatic N) is 8. The number of carbonyl (C=O) groups excluding carboxylic acids is 3. The van der Waals surface area contributed by atoms with Gasteiger partial charge in [-0.1, -0.05) is 6.07 Å². The molecule has 0 radical (unpaired) electrons. The van der Waals surface area contributed by atoms with Crippen molar-refractivity contribution in [2.45, 2.75) is 71.1 Å². The minimum atomic E-state index is -1.32. The second-order valence-corrected chi connectivity index (χ2v) is 20.3. The maximum Gasteiger partial charge on any atom is 0.323 e. The zero-order valence-electron chi connectivity index (χ0n) is 44.1. The number of anilines is 6. The number of carbonyl (C=O) groups is 3. The molecule has 0 saturated carbocycles. The molecule has 3 fully saturated rings. The zero-order valence-corrected chi connectivity index (χ0v) is 44.1. The Morgan fingerprint density at radius 1 is 0.776 bits per heavy atom. The van der Waals surface area contributed by atoms with Crippen LogP contribution in [-0.4, -0.2) is 158 Å². The molecule has 0 bridgehead atoms. The maximum absolute atomic E-state index is 14.9. The summed E-state index contributed by atoms with van der Waals surface area (Å²) in [5.74, 6) is -2.36. The lowest BCUT2D eigenvalue weighted by molar-refractivity contribution is -0.0107. The fourth-order valence-electron chi connectivity index (χ4n) is 9.37. The van der Waals surface area contributed by atoms with Gasteiger partial charge in [-0.15, -0.1) is 0 Å². The first-order valence-corrected chi connectivity index (χ1v) is 25.9. The van der Waals surface area contributed by atoms with E-state index in [4.69, 9.17) is 29.3 Å². The molecular weight excluding hydrogens is 982 g/mol. The summed E-state index contributed by atoms with van der Waals surface area (Å²) in [5, 5.41) is 8.26. The average Bonchev–Trinajstić information content (AvgIpc) is 3.42. The molecule has 0 spiro atoms. The van der Waals surface area contributed by atoms with E-state index in [1.807, 2.05) is 24.0 Å². The number of halogens is 3. The number of piperidine rings is 1. The Hall–Kier alpha value is -6.91. The van der Waals surface area contributed by atoms with Gasteiger partial charge in [0, 0.05) is 93.0 Å². The number of amides is 4. The summed E-state index contributed by atoms with van der Waals surface area (Å²) < 4.78 is 55.4. The molecule has 0 aliphatic carbocycles. The van der Waals surface area contributed by atoms with Crippen molar-refractivity contribution in [2.75, 3.05) is 119 Å². The van der Waals surface area contributed by atoms with Crippen molar-refractivity contribution in [1.29, 1.82) is 0 Å². The van der Waals surface area contributed by atoms with Crippen molar-refractivity contribution in [3.63, 3.8) is 0 Å². The molecule has 1 aromatic heterocycles. The Balaban J connectivity index is 0.795. The highest BCUT2D eigenvalue weighted by Crippen LogP contribution is 2.30. The number of hydrogen-bond donors (Lipinski definition) is 4. The van der Waals surface area contributed by atoms with Crippen LogP contribution in [0.1, 0.15) is 72.7 Å². The number of ether oxygens (including phenoxy) is 2. The number of urea groups is 1. The summed E-state index contributed by atoms with van der Waals surface area (Å²) in [6.45, 7) is 15.4. The Bertz CT molecular complexity index is 2790. The van der Waals surface area contributed by atoms with E-state index < -0.39 is 35.1 Å². The predicted molar refractivity (Wildman–Crippen MR) is 287 cm³/mol. The number of aromatic nitrogens is 3. The highest BCUT2D eigenvalue weighted by atomic mass is 19.2. The maximum atomic E-state index is 14.9. The third-order valence-electron chi connectivity index (χ3n) is 14.2. The summed E-state index contributed by atoms with van der Waals surface area (Å²) in [5.41, 5.74) is 4.33. The van der Waals surface area contributed by atoms with Crippen LogP contribution in [0.3, 0.4) is 0 Å². The van der Waals surface area contributed by atoms with Gasteiger partial charge in [0.25, 0.3) is 11.8 Å². The van der Waals surface area contributed by atoms with Crippen LogP contribution in [0.2, 0.25) is 0 Å². The lowest BCUT2D eigenvalue weighted by Gasteiger charge is -2.44. The van der Waals surface area contributed by atoms with Crippen LogP contribution < -0.4 is 31.2 Å². The predicted octanol–water partition coefficient (Wildman–Crippen LogP) is 8.10. The first kappa shape index (κ1) is 55.3. The van der Waals surface area contributed by atoms with Crippen LogP contribution in [0, 0.1) is 24.4 Å². The van der Waals surface area contributed by atoms with Crippen molar-refractivity contribution in [3.05, 3.63) is 113 Å². The van der Waals surface area contributed by atoms with Crippen LogP contribution in [0.5, 0.6) is 0 Å². The fraction of sp³-hybridized carbons (Fsp3) is 0.455. The van der Waals surface area contributed by atoms with Crippen molar-refractivity contribution in [2.24, 2.45) is 0 Å². The number of piperazine rings is 1. The van der Waals surface area contributed by atoms with Gasteiger partial charge in [0.15, 0.2) is 17.5 Å². The number of aryl methyl sites for hydroxylation is 1. The van der Waals surface area contributed by atoms with Gasteiger partial charge >= 0.3 is 6.03 Å². The molecule has 3 aliphatic rings. The van der Waals surface area contributed by atoms with Crippen LogP contribution in [0.25, 0.3) is 11.4 Å². The lowest BCUT2D eigenvalue weighted by Crippen LogP contribution is -2.55. The number of morpholine rings is 1. The summed E-state index contributed by atoms with van der Waals surface area (Å²) in [6.07, 6.45) is 2.86. The fourth-order valence-corrected chi connectivity index (χ4v) is 9.37. The van der Waals surface area contributed by atoms with Gasteiger partial charge in [-0.05, 0) is 146 Å². The number of benzene rings is 4. The lowest BCUT2D eigenvalue weighted by atomic mass is 9.97. The average molecular weight is 1050 g/mol. The monoisotopic (exact) mass is 1050 g/mol. The summed E-state index contributed by atoms with van der Waals surface area (Å²) in [6, 6.07) is 20.5. The number of hydrogen-bond acceptors (Lipinski definition) is 14. The minimum Gasteiger partial charge on any atom is -0.378 e. The van der Waals surface area contributed by atoms with Gasteiger partial charge < -0.3 is 45.0 Å². The number of nitrogens with one attached hydrogen (secondary N) is 4. The first-order valence-electron chi connectivity index (χ1n) is 25.9. The number of rotatable bonds is 19. The first-order chi connectivity index (χ1) is 36.5. The molecule has 4 heterocycles. The van der Waals surface area contributed by atoms with E-state index in [0.717, 1.165) is 63.1 Å². The van der Waals surface area contributed by atoms with Crippen molar-refractivity contribution < 1.29 is 41.9 Å². The summed E-state index contributed by atoms with van der Waals surface area (Å²) in [7, 11) is 4.15. The molecule has 3 saturated heterocycles. The largest absolute Gasteiger partial charge is 0.378 e. The number of likely N-dealkylation sites (tertiary alicyclic amines) is 1. The van der Waals surface area contributed by atoms with Crippen LogP contribution in [0.15, 0.2) is 78.9 Å². The van der Waals surface area contributed by atoms with E-state index in [1.165, 1.54) is 12.1 Å². The van der Waals surface area contributed by atoms with Crippen molar-refractivity contribution in [1.82, 2.24) is 35.1 Å². The van der Waals surface area contributed by atoms with Crippen LogP contribution in [-0.2, 0) is 14.3 Å². The highest BCUT2D eigenvalue weighted by Gasteiger charge is 2.32. The van der Waals surface area contributed by atoms with E-state index in [2.05, 4.69) is 69.0 Å². The molecule has 76 heavy (non-hydrogen) atoms. The van der Waals surface area contributed by atoms with E-state index in [9.17, 15) is 27.6 Å². The standard InChI is InChI=1S/C55H69F3N12O6/c1-36-7-18-46(45(57)35-36)61-48-43(16-17-44(56)47(48)58)50(71)65-76-31-21-37(2)75-32-22-55(3,4)70-27-25-68(26-28-70)52-62-49(63-53(64-52)69-29-33-74-34-30-69)38-8-12-40(13-9-38)59-54(73)60-41-14-10-39(11-15-41)51(72)67-23-19-42(20-24-67)66(5)6/h7-18,35,37,42,61H,19-34H2,1-6H3,(H,65,71)(H2,59,60,73). The van der Waals surface area contributed by atoms with Gasteiger partial charge in [-0.2, -0.15) is 15.0 Å². The molecule has 4 N–H and O–H groups in total. The molecule has 4 amide bonds. The van der Waals surface area contributed by atoms with Crippen LogP contribution >= 0.6 is 0 Å². The quantitative estimate of drug-likeness (QED) is 0.0460. The summed E-state index contributed by atoms with van der Waals surface area (Å²) in [4.78, 5) is 70.3. The molecular formula is C55H69F3N12O6. The number of hydroxylamine groups is 1. The Morgan fingerprint density at radius 3 is 2.04 bits per heavy atom. The molecule has 5 aromatic rings. The minimum absolute atomic E-state index is 0.00332. The van der Waals surface area contributed by atoms with Gasteiger partial charge in [-0.25, -0.2) is 23.4 Å². The van der Waals surface area contributed by atoms with E-state index in [-0.39, 0.29) is 35.4 Å². The third-order valence-corrected chi connectivity index (χ3v) is 14.2. The Morgan fingerprint density at radius 2 is 1.41 bits per heavy atom. The molecule has 8 rings (SSSR count). The van der Waals surface area contributed by atoms with E-state index in [0.29, 0.717) is 98.7 Å². The topological polar surface area (TPSA) is 182 Å². The Labute approximate surface area is 442 Å². The van der Waals surface area contributed by atoms with Gasteiger partial charge in [0.1, 0.15) is 5.82 Å². The van der Waals surface area contributed by atoms with Crippen molar-refractivity contribution >= 4 is 52.5 Å². The van der Waals surface area contributed by atoms with Crippen molar-refractivity contribution in [3.8, 4) is 11.4 Å². The van der Waals surface area contributed by atoms with E-state index in [1.54, 1.807) is 49.4 Å². The molecule has 4 aromatic carbocycles. The van der Waals surface area contributed by atoms with Crippen LogP contribution in [0.4, 0.5) is 52.6 Å². The Kier molecular flexibility index (Phi) is 18.4. The second kappa shape index (κ2) is 25.3. The van der Waals surface area contributed by atoms with Gasteiger partial charge in [-0.3, -0.25) is 19.3 Å². The third kappa shape index (κ3) is 14.3. The molecule has 406 valence electrons. The molecule has 1 unspecified atom stereocenters.